The van der Waals surface area contributed by atoms with Gasteiger partial charge in [-0.15, -0.1) is 0 Å². The van der Waals surface area contributed by atoms with Crippen LogP contribution in [0, 0.1) is 29.1 Å². The third kappa shape index (κ3) is 14.5. The Bertz CT molecular complexity index is 742. The number of benzene rings is 1. The van der Waals surface area contributed by atoms with Crippen LogP contribution in [0.2, 0.25) is 0 Å². The van der Waals surface area contributed by atoms with Crippen LogP contribution in [0.3, 0.4) is 0 Å². The van der Waals surface area contributed by atoms with Crippen LogP contribution < -0.4 is 4.74 Å². The lowest BCUT2D eigenvalue weighted by molar-refractivity contribution is -0.136. The fourth-order valence-electron chi connectivity index (χ4n) is 2.46. The molecule has 0 saturated carbocycles. The predicted molar refractivity (Wildman–Crippen MR) is 118 cm³/mol. The van der Waals surface area contributed by atoms with Crippen LogP contribution in [0.1, 0.15) is 13.3 Å². The van der Waals surface area contributed by atoms with Crippen LogP contribution in [0.25, 0.3) is 0 Å². The third-order valence-electron chi connectivity index (χ3n) is 4.27. The van der Waals surface area contributed by atoms with Crippen molar-refractivity contribution in [2.45, 2.75) is 13.3 Å². The molecule has 37 heavy (non-hydrogen) atoms. The molecule has 1 rings (SSSR count). The number of esters is 1. The maximum Gasteiger partial charge on any atom is 0.313 e. The Hall–Kier alpha value is -1.94. The van der Waals surface area contributed by atoms with Crippen LogP contribution in [-0.4, -0.2) is 98.5 Å². The molecule has 0 fully saturated rings. The van der Waals surface area contributed by atoms with E-state index in [9.17, 15) is 26.7 Å². The van der Waals surface area contributed by atoms with Gasteiger partial charge in [-0.3, -0.25) is 4.79 Å². The zero-order chi connectivity index (χ0) is 27.3. The fourth-order valence-corrected chi connectivity index (χ4v) is 2.46. The first-order valence-corrected chi connectivity index (χ1v) is 11.7. The molecule has 0 bridgehead atoms. The molecule has 0 aliphatic rings. The largest absolute Gasteiger partial charge is 0.420 e. The molecule has 0 aromatic heterocycles. The highest BCUT2D eigenvalue weighted by atomic mass is 19.2. The first-order valence-electron chi connectivity index (χ1n) is 11.7. The second-order valence-corrected chi connectivity index (χ2v) is 6.99. The quantitative estimate of drug-likeness (QED) is 0.0512. The first kappa shape index (κ1) is 33.1. The van der Waals surface area contributed by atoms with Crippen LogP contribution in [-0.2, 0) is 38.0 Å². The van der Waals surface area contributed by atoms with E-state index < -0.39 is 47.2 Å². The zero-order valence-corrected chi connectivity index (χ0v) is 20.7. The van der Waals surface area contributed by atoms with Crippen molar-refractivity contribution < 1.29 is 64.6 Å². The van der Waals surface area contributed by atoms with Gasteiger partial charge in [-0.05, 0) is 6.92 Å². The molecular formula is C23H33F5O9. The first-order chi connectivity index (χ1) is 17.9. The predicted octanol–water partition coefficient (Wildman–Crippen LogP) is 2.81. The Kier molecular flexibility index (Phi) is 18.8. The number of ether oxygens (including phenoxy) is 8. The van der Waals surface area contributed by atoms with Gasteiger partial charge in [0.2, 0.25) is 34.8 Å². The number of hydrogen-bond donors (Lipinski definition) is 0. The molecule has 0 radical (unpaired) electrons. The van der Waals surface area contributed by atoms with Crippen molar-refractivity contribution in [2.24, 2.45) is 0 Å². The zero-order valence-electron chi connectivity index (χ0n) is 20.7. The number of rotatable bonds is 23. The maximum atomic E-state index is 13.5. The molecule has 0 N–H and O–H groups in total. The van der Waals surface area contributed by atoms with E-state index in [1.165, 1.54) is 0 Å². The highest BCUT2D eigenvalue weighted by Gasteiger charge is 2.28. The average Bonchev–Trinajstić information content (AvgIpc) is 2.89. The van der Waals surface area contributed by atoms with E-state index in [0.717, 1.165) is 0 Å². The van der Waals surface area contributed by atoms with Gasteiger partial charge in [0.1, 0.15) is 0 Å². The topological polar surface area (TPSA) is 90.9 Å². The molecule has 14 heteroatoms. The van der Waals surface area contributed by atoms with Crippen molar-refractivity contribution in [1.82, 2.24) is 0 Å². The van der Waals surface area contributed by atoms with E-state index in [2.05, 4.69) is 4.74 Å². The monoisotopic (exact) mass is 548 g/mol. The van der Waals surface area contributed by atoms with Crippen molar-refractivity contribution in [3.05, 3.63) is 29.1 Å². The van der Waals surface area contributed by atoms with Gasteiger partial charge < -0.3 is 37.9 Å². The average molecular weight is 548 g/mol. The highest BCUT2D eigenvalue weighted by molar-refractivity contribution is 5.72. The van der Waals surface area contributed by atoms with Gasteiger partial charge in [0, 0.05) is 6.61 Å². The summed E-state index contributed by atoms with van der Waals surface area (Å²) in [6, 6.07) is 0. The van der Waals surface area contributed by atoms with E-state index >= 15 is 0 Å². The van der Waals surface area contributed by atoms with Gasteiger partial charge >= 0.3 is 5.97 Å². The van der Waals surface area contributed by atoms with Gasteiger partial charge in [-0.1, -0.05) is 0 Å². The summed E-state index contributed by atoms with van der Waals surface area (Å²) in [5, 5.41) is 0. The molecule has 0 aliphatic carbocycles. The Morgan fingerprint density at radius 1 is 0.486 bits per heavy atom. The molecule has 1 aromatic carbocycles. The van der Waals surface area contributed by atoms with E-state index in [0.29, 0.717) is 66.1 Å². The molecule has 0 heterocycles. The molecule has 9 nitrogen and oxygen atoms in total. The van der Waals surface area contributed by atoms with E-state index in [-0.39, 0.29) is 26.4 Å². The Morgan fingerprint density at radius 2 is 0.784 bits per heavy atom. The normalized spacial score (nSPS) is 11.3. The smallest absolute Gasteiger partial charge is 0.313 e. The van der Waals surface area contributed by atoms with E-state index in [4.69, 9.17) is 33.2 Å². The maximum absolute atomic E-state index is 13.5. The molecule has 1 aromatic rings. The molecular weight excluding hydrogens is 515 g/mol. The minimum atomic E-state index is -2.34. The lowest BCUT2D eigenvalue weighted by Gasteiger charge is -2.09. The second kappa shape index (κ2) is 21.0. The summed E-state index contributed by atoms with van der Waals surface area (Å²) in [6.07, 6.45) is -0.476. The summed E-state index contributed by atoms with van der Waals surface area (Å²) in [5.74, 6) is -14.1. The Balaban J connectivity index is 1.89. The minimum absolute atomic E-state index is 0.0937. The van der Waals surface area contributed by atoms with Crippen LogP contribution in [0.5, 0.6) is 5.75 Å². The summed E-state index contributed by atoms with van der Waals surface area (Å²) in [7, 11) is 0. The summed E-state index contributed by atoms with van der Waals surface area (Å²) in [4.78, 5) is 11.6. The van der Waals surface area contributed by atoms with Gasteiger partial charge in [-0.25, -0.2) is 13.2 Å². The number of hydrogen-bond acceptors (Lipinski definition) is 9. The SMILES string of the molecule is CCOCCOCCOCCOCCOCCOCCOCCC(=O)Oc1c(F)c(F)c(F)c(F)c1F. The van der Waals surface area contributed by atoms with Gasteiger partial charge in [0.15, 0.2) is 0 Å². The molecule has 0 saturated heterocycles. The van der Waals surface area contributed by atoms with Crippen molar-refractivity contribution >= 4 is 5.97 Å². The number of carbonyl (C=O) groups excluding carboxylic acids is 1. The number of halogens is 5. The van der Waals surface area contributed by atoms with Gasteiger partial charge in [0.25, 0.3) is 0 Å². The number of carbonyl (C=O) groups is 1. The van der Waals surface area contributed by atoms with Crippen molar-refractivity contribution in [3.8, 4) is 5.75 Å². The van der Waals surface area contributed by atoms with Crippen molar-refractivity contribution in [1.29, 1.82) is 0 Å². The molecule has 0 aliphatic heterocycles. The Morgan fingerprint density at radius 3 is 1.14 bits per heavy atom. The van der Waals surface area contributed by atoms with Crippen LogP contribution in [0.4, 0.5) is 22.0 Å². The fraction of sp³-hybridized carbons (Fsp3) is 0.696. The summed E-state index contributed by atoms with van der Waals surface area (Å²) in [6.45, 7) is 7.03. The molecule has 0 spiro atoms. The van der Waals surface area contributed by atoms with E-state index in [1.807, 2.05) is 6.92 Å². The summed E-state index contributed by atoms with van der Waals surface area (Å²) < 4.78 is 107. The summed E-state index contributed by atoms with van der Waals surface area (Å²) >= 11 is 0. The van der Waals surface area contributed by atoms with Gasteiger partial charge in [-0.2, -0.15) is 8.78 Å². The molecule has 0 atom stereocenters. The third-order valence-corrected chi connectivity index (χ3v) is 4.27. The highest BCUT2D eigenvalue weighted by Crippen LogP contribution is 2.29. The van der Waals surface area contributed by atoms with Gasteiger partial charge in [0.05, 0.1) is 92.3 Å². The van der Waals surface area contributed by atoms with E-state index in [1.54, 1.807) is 0 Å². The molecule has 0 unspecified atom stereocenters. The van der Waals surface area contributed by atoms with Crippen LogP contribution >= 0.6 is 0 Å². The van der Waals surface area contributed by atoms with Crippen molar-refractivity contribution in [3.63, 3.8) is 0 Å². The van der Waals surface area contributed by atoms with Crippen molar-refractivity contribution in [2.75, 3.05) is 92.5 Å². The lowest BCUT2D eigenvalue weighted by atomic mass is 10.2. The second-order valence-electron chi connectivity index (χ2n) is 6.99. The lowest BCUT2D eigenvalue weighted by Crippen LogP contribution is -2.16. The molecule has 214 valence electrons. The van der Waals surface area contributed by atoms with Crippen LogP contribution in [0.15, 0.2) is 0 Å². The molecule has 0 amide bonds. The minimum Gasteiger partial charge on any atom is -0.420 e. The summed E-state index contributed by atoms with van der Waals surface area (Å²) in [5.41, 5.74) is 0. The Labute approximate surface area is 212 Å². The standard InChI is InChI=1S/C23H33F5O9/c1-2-30-5-6-32-9-10-34-13-14-36-16-15-35-12-11-33-8-7-31-4-3-17(29)37-23-21(27)19(25)18(24)20(26)22(23)28/h2-16H2,1H3.